The van der Waals surface area contributed by atoms with Gasteiger partial charge in [0, 0.05) is 0 Å². The first-order chi connectivity index (χ1) is 7.50. The molecule has 0 unspecified atom stereocenters. The highest BCUT2D eigenvalue weighted by Gasteiger charge is 2.14. The van der Waals surface area contributed by atoms with E-state index in [0.717, 1.165) is 6.07 Å². The molecule has 17 heavy (non-hydrogen) atoms. The maximum atomic E-state index is 11.2. The summed E-state index contributed by atoms with van der Waals surface area (Å²) in [5.74, 6) is 0. The summed E-state index contributed by atoms with van der Waals surface area (Å²) in [7, 11) is -7.86. The van der Waals surface area contributed by atoms with Gasteiger partial charge >= 0.3 is 0 Å². The quantitative estimate of drug-likeness (QED) is 0.692. The number of nitrogens with one attached hydrogen (secondary N) is 1. The van der Waals surface area contributed by atoms with E-state index in [4.69, 9.17) is 10.3 Å². The van der Waals surface area contributed by atoms with Gasteiger partial charge in [0.1, 0.15) is 0 Å². The molecule has 0 heterocycles. The SMILES string of the molecule is Cc1cc(S(N)(=O)=O)cc(NS(N)(=O)=O)c1C. The number of nitrogens with two attached hydrogens (primary N) is 2. The summed E-state index contributed by atoms with van der Waals surface area (Å²) in [4.78, 5) is -0.174. The molecule has 1 rings (SSSR count). The second kappa shape index (κ2) is 4.26. The fourth-order valence-electron chi connectivity index (χ4n) is 1.25. The standard InChI is InChI=1S/C8H13N3O4S2/c1-5-3-7(16(9,12)13)4-8(6(5)2)11-17(10,14)15/h3-4,11H,1-2H3,(H2,9,12,13)(H2,10,14,15). The number of hydrogen-bond donors (Lipinski definition) is 3. The van der Waals surface area contributed by atoms with Crippen LogP contribution in [0.25, 0.3) is 0 Å². The van der Waals surface area contributed by atoms with Gasteiger partial charge in [-0.3, -0.25) is 4.72 Å². The van der Waals surface area contributed by atoms with Crippen molar-refractivity contribution >= 4 is 25.9 Å². The average molecular weight is 279 g/mol. The van der Waals surface area contributed by atoms with Crippen molar-refractivity contribution in [3.05, 3.63) is 23.3 Å². The molecule has 0 aromatic heterocycles. The average Bonchev–Trinajstić information content (AvgIpc) is 2.08. The molecule has 0 amide bonds. The van der Waals surface area contributed by atoms with Gasteiger partial charge in [0.25, 0.3) is 10.2 Å². The fourth-order valence-corrected chi connectivity index (χ4v) is 2.39. The van der Waals surface area contributed by atoms with Crippen molar-refractivity contribution in [1.82, 2.24) is 0 Å². The number of anilines is 1. The lowest BCUT2D eigenvalue weighted by Gasteiger charge is -2.11. The van der Waals surface area contributed by atoms with Crippen LogP contribution in [0.5, 0.6) is 0 Å². The molecule has 1 aromatic rings. The van der Waals surface area contributed by atoms with E-state index < -0.39 is 20.2 Å². The Balaban J connectivity index is 3.46. The van der Waals surface area contributed by atoms with Gasteiger partial charge < -0.3 is 0 Å². The van der Waals surface area contributed by atoms with Crippen LogP contribution >= 0.6 is 0 Å². The molecule has 0 atom stereocenters. The lowest BCUT2D eigenvalue weighted by molar-refractivity contribution is 0.596. The predicted molar refractivity (Wildman–Crippen MR) is 64.0 cm³/mol. The number of benzene rings is 1. The maximum Gasteiger partial charge on any atom is 0.296 e. The van der Waals surface area contributed by atoms with E-state index >= 15 is 0 Å². The van der Waals surface area contributed by atoms with Crippen LogP contribution < -0.4 is 15.0 Å². The molecule has 0 bridgehead atoms. The van der Waals surface area contributed by atoms with Crippen LogP contribution in [0.3, 0.4) is 0 Å². The van der Waals surface area contributed by atoms with Gasteiger partial charge in [0.2, 0.25) is 10.0 Å². The van der Waals surface area contributed by atoms with Crippen LogP contribution in [0, 0.1) is 13.8 Å². The van der Waals surface area contributed by atoms with Gasteiger partial charge in [-0.05, 0) is 37.1 Å². The molecule has 0 aliphatic rings. The van der Waals surface area contributed by atoms with Crippen molar-refractivity contribution < 1.29 is 16.8 Å². The predicted octanol–water partition coefficient (Wildman–Crippen LogP) is -0.434. The lowest BCUT2D eigenvalue weighted by Crippen LogP contribution is -2.23. The van der Waals surface area contributed by atoms with Crippen LogP contribution in [0.2, 0.25) is 0 Å². The Labute approximate surface area is 100 Å². The van der Waals surface area contributed by atoms with Crippen LogP contribution in [0.4, 0.5) is 5.69 Å². The minimum Gasteiger partial charge on any atom is -0.271 e. The molecule has 0 spiro atoms. The van der Waals surface area contributed by atoms with Crippen LogP contribution in [-0.2, 0) is 20.2 Å². The highest BCUT2D eigenvalue weighted by Crippen LogP contribution is 2.23. The molecule has 0 radical (unpaired) electrons. The summed E-state index contributed by atoms with van der Waals surface area (Å²) in [5.41, 5.74) is 1.26. The van der Waals surface area contributed by atoms with E-state index in [0.29, 0.717) is 11.1 Å². The molecule has 5 N–H and O–H groups in total. The molecule has 9 heteroatoms. The molecular formula is C8H13N3O4S2. The van der Waals surface area contributed by atoms with Crippen molar-refractivity contribution in [2.45, 2.75) is 18.7 Å². The van der Waals surface area contributed by atoms with E-state index in [-0.39, 0.29) is 10.6 Å². The topological polar surface area (TPSA) is 132 Å². The van der Waals surface area contributed by atoms with Crippen LogP contribution in [-0.4, -0.2) is 16.8 Å². The number of aryl methyl sites for hydroxylation is 1. The smallest absolute Gasteiger partial charge is 0.271 e. The van der Waals surface area contributed by atoms with E-state index in [1.54, 1.807) is 13.8 Å². The first-order valence-corrected chi connectivity index (χ1v) is 7.54. The van der Waals surface area contributed by atoms with E-state index in [1.807, 2.05) is 4.72 Å². The molecule has 96 valence electrons. The van der Waals surface area contributed by atoms with Crippen LogP contribution in [0.15, 0.2) is 17.0 Å². The second-order valence-corrected chi connectivity index (χ2v) is 6.46. The van der Waals surface area contributed by atoms with Crippen molar-refractivity contribution in [1.29, 1.82) is 0 Å². The van der Waals surface area contributed by atoms with Crippen LogP contribution in [0.1, 0.15) is 11.1 Å². The van der Waals surface area contributed by atoms with E-state index in [9.17, 15) is 16.8 Å². The Morgan fingerprint density at radius 1 is 1.06 bits per heavy atom. The number of primary sulfonamides is 1. The Kier molecular flexibility index (Phi) is 3.48. The lowest BCUT2D eigenvalue weighted by atomic mass is 10.1. The Morgan fingerprint density at radius 3 is 2.00 bits per heavy atom. The summed E-state index contributed by atoms with van der Waals surface area (Å²) >= 11 is 0. The maximum absolute atomic E-state index is 11.2. The second-order valence-electron chi connectivity index (χ2n) is 3.60. The summed E-state index contributed by atoms with van der Waals surface area (Å²) in [6.45, 7) is 3.27. The number of hydrogen-bond acceptors (Lipinski definition) is 4. The van der Waals surface area contributed by atoms with Crippen molar-refractivity contribution in [2.24, 2.45) is 10.3 Å². The molecule has 7 nitrogen and oxygen atoms in total. The van der Waals surface area contributed by atoms with Gasteiger partial charge in [-0.25, -0.2) is 18.7 Å². The van der Waals surface area contributed by atoms with Gasteiger partial charge in [-0.1, -0.05) is 0 Å². The minimum absolute atomic E-state index is 0.0940. The van der Waals surface area contributed by atoms with Crippen molar-refractivity contribution in [3.63, 3.8) is 0 Å². The molecule has 0 fully saturated rings. The number of sulfonamides is 1. The molecule has 0 saturated carbocycles. The van der Waals surface area contributed by atoms with Gasteiger partial charge in [-0.2, -0.15) is 8.42 Å². The van der Waals surface area contributed by atoms with Gasteiger partial charge in [-0.15, -0.1) is 0 Å². The zero-order chi connectivity index (χ0) is 13.4. The minimum atomic E-state index is -3.96. The van der Waals surface area contributed by atoms with E-state index in [1.165, 1.54) is 6.07 Å². The zero-order valence-electron chi connectivity index (χ0n) is 9.26. The molecule has 1 aromatic carbocycles. The Morgan fingerprint density at radius 2 is 1.59 bits per heavy atom. The monoisotopic (exact) mass is 279 g/mol. The summed E-state index contributed by atoms with van der Waals surface area (Å²) in [5, 5.41) is 9.80. The first kappa shape index (κ1) is 13.9. The highest BCUT2D eigenvalue weighted by molar-refractivity contribution is 7.90. The van der Waals surface area contributed by atoms with E-state index in [2.05, 4.69) is 0 Å². The third-order valence-electron chi connectivity index (χ3n) is 2.22. The number of rotatable bonds is 3. The normalized spacial score (nSPS) is 12.5. The highest BCUT2D eigenvalue weighted by atomic mass is 32.2. The molecular weight excluding hydrogens is 266 g/mol. The molecule has 0 saturated heterocycles. The zero-order valence-corrected chi connectivity index (χ0v) is 10.9. The summed E-state index contributed by atoms with van der Waals surface area (Å²) in [6.07, 6.45) is 0. The van der Waals surface area contributed by atoms with Crippen molar-refractivity contribution in [3.8, 4) is 0 Å². The first-order valence-electron chi connectivity index (χ1n) is 4.45. The summed E-state index contributed by atoms with van der Waals surface area (Å²) in [6, 6.07) is 2.49. The Hall–Kier alpha value is -1.16. The third kappa shape index (κ3) is 3.66. The summed E-state index contributed by atoms with van der Waals surface area (Å²) < 4.78 is 46.2. The molecule has 0 aliphatic carbocycles. The Bertz CT molecular complexity index is 650. The molecule has 0 aliphatic heterocycles. The third-order valence-corrected chi connectivity index (χ3v) is 3.62. The van der Waals surface area contributed by atoms with Gasteiger partial charge in [0.15, 0.2) is 0 Å². The van der Waals surface area contributed by atoms with Gasteiger partial charge in [0.05, 0.1) is 10.6 Å². The largest absolute Gasteiger partial charge is 0.296 e. The van der Waals surface area contributed by atoms with Crippen molar-refractivity contribution in [2.75, 3.05) is 4.72 Å². The fraction of sp³-hybridized carbons (Fsp3) is 0.250.